The van der Waals surface area contributed by atoms with Gasteiger partial charge in [0, 0.05) is 12.0 Å². The van der Waals surface area contributed by atoms with Crippen molar-refractivity contribution in [1.82, 2.24) is 15.3 Å². The summed E-state index contributed by atoms with van der Waals surface area (Å²) in [7, 11) is 0. The third-order valence-electron chi connectivity index (χ3n) is 4.18. The van der Waals surface area contributed by atoms with Crippen molar-refractivity contribution in [2.75, 3.05) is 13.2 Å². The Kier molecular flexibility index (Phi) is 4.01. The van der Waals surface area contributed by atoms with E-state index < -0.39 is 0 Å². The minimum Gasteiger partial charge on any atom is -0.490 e. The van der Waals surface area contributed by atoms with E-state index in [0.29, 0.717) is 30.3 Å². The summed E-state index contributed by atoms with van der Waals surface area (Å²) in [6.07, 6.45) is 0.833. The predicted molar refractivity (Wildman–Crippen MR) is 94.0 cm³/mol. The van der Waals surface area contributed by atoms with E-state index in [2.05, 4.69) is 15.3 Å². The van der Waals surface area contributed by atoms with E-state index in [-0.39, 0.29) is 11.9 Å². The Balaban J connectivity index is 1.52. The van der Waals surface area contributed by atoms with E-state index in [1.165, 1.54) is 0 Å². The molecular formula is C19H19N3O3. The van der Waals surface area contributed by atoms with Gasteiger partial charge in [-0.05, 0) is 37.3 Å². The molecule has 1 aliphatic heterocycles. The number of nitrogens with zero attached hydrogens (tertiary/aromatic N) is 1. The Morgan fingerprint density at radius 1 is 1.16 bits per heavy atom. The quantitative estimate of drug-likeness (QED) is 0.769. The van der Waals surface area contributed by atoms with Crippen molar-refractivity contribution in [3.05, 3.63) is 53.9 Å². The number of benzene rings is 2. The van der Waals surface area contributed by atoms with Crippen LogP contribution in [0.5, 0.6) is 11.5 Å². The fourth-order valence-corrected chi connectivity index (χ4v) is 2.83. The number of para-hydroxylation sites is 2. The Morgan fingerprint density at radius 2 is 1.96 bits per heavy atom. The SMILES string of the molecule is C[C@H](NC(=O)c1ccc2c(c1)OCCCO2)c1nc2ccccc2[nH]1. The molecule has 0 fully saturated rings. The number of hydrogen-bond donors (Lipinski definition) is 2. The zero-order valence-electron chi connectivity index (χ0n) is 13.9. The molecule has 0 spiro atoms. The van der Waals surface area contributed by atoms with Gasteiger partial charge in [-0.1, -0.05) is 12.1 Å². The Morgan fingerprint density at radius 3 is 2.80 bits per heavy atom. The first-order valence-corrected chi connectivity index (χ1v) is 8.36. The maximum Gasteiger partial charge on any atom is 0.251 e. The number of amides is 1. The smallest absolute Gasteiger partial charge is 0.251 e. The van der Waals surface area contributed by atoms with Gasteiger partial charge in [0.1, 0.15) is 5.82 Å². The van der Waals surface area contributed by atoms with Crippen molar-refractivity contribution in [2.45, 2.75) is 19.4 Å². The van der Waals surface area contributed by atoms with Crippen molar-refractivity contribution in [2.24, 2.45) is 0 Å². The normalized spacial score (nSPS) is 14.8. The third-order valence-corrected chi connectivity index (χ3v) is 4.18. The number of carbonyl (C=O) groups excluding carboxylic acids is 1. The van der Waals surface area contributed by atoms with Crippen molar-refractivity contribution in [1.29, 1.82) is 0 Å². The lowest BCUT2D eigenvalue weighted by atomic mass is 10.1. The number of H-pyrrole nitrogens is 1. The molecule has 2 heterocycles. The maximum absolute atomic E-state index is 12.6. The van der Waals surface area contributed by atoms with Gasteiger partial charge in [-0.3, -0.25) is 4.79 Å². The highest BCUT2D eigenvalue weighted by molar-refractivity contribution is 5.95. The standard InChI is InChI=1S/C19H19N3O3/c1-12(18-21-14-5-2-3-6-15(14)22-18)20-19(23)13-7-8-16-17(11-13)25-10-4-9-24-16/h2-3,5-8,11-12H,4,9-10H2,1H3,(H,20,23)(H,21,22)/t12-/m0/s1. The van der Waals surface area contributed by atoms with Crippen LogP contribution in [0.4, 0.5) is 0 Å². The first-order chi connectivity index (χ1) is 12.2. The van der Waals surface area contributed by atoms with Gasteiger partial charge in [0.15, 0.2) is 11.5 Å². The first kappa shape index (κ1) is 15.5. The van der Waals surface area contributed by atoms with Crippen LogP contribution in [0.2, 0.25) is 0 Å². The van der Waals surface area contributed by atoms with Crippen LogP contribution >= 0.6 is 0 Å². The summed E-state index contributed by atoms with van der Waals surface area (Å²) in [5.41, 5.74) is 2.37. The Bertz CT molecular complexity index is 886. The van der Waals surface area contributed by atoms with E-state index in [1.807, 2.05) is 31.2 Å². The number of aromatic amines is 1. The largest absolute Gasteiger partial charge is 0.490 e. The highest BCUT2D eigenvalue weighted by atomic mass is 16.5. The topological polar surface area (TPSA) is 76.2 Å². The molecular weight excluding hydrogens is 318 g/mol. The van der Waals surface area contributed by atoms with Gasteiger partial charge in [0.25, 0.3) is 5.91 Å². The molecule has 1 amide bonds. The van der Waals surface area contributed by atoms with Crippen LogP contribution in [-0.4, -0.2) is 29.1 Å². The third kappa shape index (κ3) is 3.15. The lowest BCUT2D eigenvalue weighted by Gasteiger charge is -2.13. The molecule has 0 bridgehead atoms. The van der Waals surface area contributed by atoms with Gasteiger partial charge in [-0.15, -0.1) is 0 Å². The van der Waals surface area contributed by atoms with Gasteiger partial charge in [0.05, 0.1) is 30.3 Å². The van der Waals surface area contributed by atoms with Gasteiger partial charge in [-0.2, -0.15) is 0 Å². The van der Waals surface area contributed by atoms with Crippen LogP contribution < -0.4 is 14.8 Å². The van der Waals surface area contributed by atoms with E-state index >= 15 is 0 Å². The van der Waals surface area contributed by atoms with Crippen LogP contribution in [0, 0.1) is 0 Å². The molecule has 1 atom stereocenters. The molecule has 1 aliphatic rings. The summed E-state index contributed by atoms with van der Waals surface area (Å²) in [6, 6.07) is 12.8. The summed E-state index contributed by atoms with van der Waals surface area (Å²) < 4.78 is 11.2. The van der Waals surface area contributed by atoms with Crippen LogP contribution in [0.25, 0.3) is 11.0 Å². The Hall–Kier alpha value is -3.02. The second-order valence-electron chi connectivity index (χ2n) is 6.05. The average Bonchev–Trinajstić information content (AvgIpc) is 2.92. The molecule has 4 rings (SSSR count). The number of ether oxygens (including phenoxy) is 2. The van der Waals surface area contributed by atoms with Crippen LogP contribution in [0.3, 0.4) is 0 Å². The lowest BCUT2D eigenvalue weighted by molar-refractivity contribution is 0.0938. The number of aromatic nitrogens is 2. The molecule has 0 aliphatic carbocycles. The fourth-order valence-electron chi connectivity index (χ4n) is 2.83. The Labute approximate surface area is 145 Å². The summed E-state index contributed by atoms with van der Waals surface area (Å²) in [4.78, 5) is 20.3. The minimum absolute atomic E-state index is 0.177. The molecule has 6 heteroatoms. The highest BCUT2D eigenvalue weighted by Crippen LogP contribution is 2.30. The monoisotopic (exact) mass is 337 g/mol. The molecule has 128 valence electrons. The van der Waals surface area contributed by atoms with E-state index in [9.17, 15) is 4.79 Å². The number of rotatable bonds is 3. The predicted octanol–water partition coefficient (Wildman–Crippen LogP) is 3.22. The molecule has 2 N–H and O–H groups in total. The molecule has 1 aromatic heterocycles. The van der Waals surface area contributed by atoms with E-state index in [0.717, 1.165) is 23.3 Å². The summed E-state index contributed by atoms with van der Waals surface area (Å²) in [5, 5.41) is 2.97. The van der Waals surface area contributed by atoms with E-state index in [4.69, 9.17) is 9.47 Å². The summed E-state index contributed by atoms with van der Waals surface area (Å²) in [5.74, 6) is 1.84. The molecule has 0 radical (unpaired) electrons. The molecule has 0 saturated heterocycles. The zero-order chi connectivity index (χ0) is 17.2. The van der Waals surface area contributed by atoms with Crippen LogP contribution in [-0.2, 0) is 0 Å². The van der Waals surface area contributed by atoms with Crippen LogP contribution in [0.1, 0.15) is 35.6 Å². The number of nitrogens with one attached hydrogen (secondary N) is 2. The molecule has 0 saturated carbocycles. The second kappa shape index (κ2) is 6.47. The van der Waals surface area contributed by atoms with Crippen LogP contribution in [0.15, 0.2) is 42.5 Å². The minimum atomic E-state index is -0.240. The summed E-state index contributed by atoms with van der Waals surface area (Å²) >= 11 is 0. The van der Waals surface area contributed by atoms with Crippen molar-refractivity contribution in [3.63, 3.8) is 0 Å². The van der Waals surface area contributed by atoms with Crippen molar-refractivity contribution in [3.8, 4) is 11.5 Å². The summed E-state index contributed by atoms with van der Waals surface area (Å²) in [6.45, 7) is 3.12. The molecule has 0 unspecified atom stereocenters. The van der Waals surface area contributed by atoms with Gasteiger partial charge < -0.3 is 19.8 Å². The molecule has 2 aromatic carbocycles. The van der Waals surface area contributed by atoms with Gasteiger partial charge in [-0.25, -0.2) is 4.98 Å². The second-order valence-corrected chi connectivity index (χ2v) is 6.05. The fraction of sp³-hybridized carbons (Fsp3) is 0.263. The number of fused-ring (bicyclic) bond motifs is 2. The maximum atomic E-state index is 12.6. The molecule has 6 nitrogen and oxygen atoms in total. The number of hydrogen-bond acceptors (Lipinski definition) is 4. The van der Waals surface area contributed by atoms with Gasteiger partial charge >= 0.3 is 0 Å². The number of imidazole rings is 1. The zero-order valence-corrected chi connectivity index (χ0v) is 13.9. The highest BCUT2D eigenvalue weighted by Gasteiger charge is 2.17. The van der Waals surface area contributed by atoms with Crippen molar-refractivity contribution >= 4 is 16.9 Å². The number of carbonyl (C=O) groups is 1. The van der Waals surface area contributed by atoms with E-state index in [1.54, 1.807) is 18.2 Å². The molecule has 25 heavy (non-hydrogen) atoms. The molecule has 3 aromatic rings. The first-order valence-electron chi connectivity index (χ1n) is 8.36. The lowest BCUT2D eigenvalue weighted by Crippen LogP contribution is -2.27. The van der Waals surface area contributed by atoms with Crippen molar-refractivity contribution < 1.29 is 14.3 Å². The average molecular weight is 337 g/mol. The van der Waals surface area contributed by atoms with Gasteiger partial charge in [0.2, 0.25) is 0 Å².